The number of carbonyl (C=O) groups is 1. The number of nitrogens with two attached hydrogens (primary N) is 1. The molecule has 3 aromatic rings. The average Bonchev–Trinajstić information content (AvgIpc) is 2.90. The lowest BCUT2D eigenvalue weighted by atomic mass is 9.83. The summed E-state index contributed by atoms with van der Waals surface area (Å²) in [5, 5.41) is 10.5. The number of hydrogen-bond donors (Lipinski definition) is 1. The molecule has 196 valence electrons. The molecule has 1 aliphatic rings. The topological polar surface area (TPSA) is 113 Å². The van der Waals surface area contributed by atoms with Crippen molar-refractivity contribution in [2.75, 3.05) is 20.3 Å². The van der Waals surface area contributed by atoms with Gasteiger partial charge in [0.2, 0.25) is 5.88 Å². The summed E-state index contributed by atoms with van der Waals surface area (Å²) < 4.78 is 27.9. The van der Waals surface area contributed by atoms with Gasteiger partial charge in [0.1, 0.15) is 28.9 Å². The van der Waals surface area contributed by atoms with Crippen LogP contribution in [0.1, 0.15) is 35.1 Å². The third kappa shape index (κ3) is 5.48. The number of methoxy groups -OCH3 is 1. The summed E-state index contributed by atoms with van der Waals surface area (Å²) in [5.74, 6) is 1.12. The number of halogens is 1. The predicted octanol–water partition coefficient (Wildman–Crippen LogP) is 5.57. The first-order chi connectivity index (χ1) is 18.2. The Kier molecular flexibility index (Phi) is 7.99. The Morgan fingerprint density at radius 2 is 1.79 bits per heavy atom. The number of nitriles is 1. The van der Waals surface area contributed by atoms with Crippen molar-refractivity contribution in [3.05, 3.63) is 87.3 Å². The molecule has 3 aromatic carbocycles. The number of allylic oxidation sites excluding steroid dienone is 1. The molecular formula is C29H27ClN2O6. The van der Waals surface area contributed by atoms with Gasteiger partial charge in [0, 0.05) is 16.7 Å². The van der Waals surface area contributed by atoms with E-state index in [0.717, 1.165) is 16.7 Å². The summed E-state index contributed by atoms with van der Waals surface area (Å²) in [5.41, 5.74) is 9.53. The zero-order valence-electron chi connectivity index (χ0n) is 21.5. The molecule has 4 rings (SSSR count). The Morgan fingerprint density at radius 1 is 1.05 bits per heavy atom. The molecule has 38 heavy (non-hydrogen) atoms. The summed E-state index contributed by atoms with van der Waals surface area (Å²) in [6.07, 6.45) is 0. The Labute approximate surface area is 226 Å². The van der Waals surface area contributed by atoms with Crippen molar-refractivity contribution in [1.29, 1.82) is 5.26 Å². The van der Waals surface area contributed by atoms with Crippen LogP contribution in [0.5, 0.6) is 28.7 Å². The molecule has 1 heterocycles. The van der Waals surface area contributed by atoms with Crippen LogP contribution in [0.15, 0.2) is 60.0 Å². The van der Waals surface area contributed by atoms with Crippen molar-refractivity contribution >= 4 is 17.6 Å². The van der Waals surface area contributed by atoms with E-state index >= 15 is 0 Å². The number of fused-ring (bicyclic) bond motifs is 1. The van der Waals surface area contributed by atoms with Gasteiger partial charge in [0.15, 0.2) is 18.1 Å². The van der Waals surface area contributed by atoms with Gasteiger partial charge in [-0.3, -0.25) is 0 Å². The summed E-state index contributed by atoms with van der Waals surface area (Å²) in [7, 11) is 1.55. The zero-order chi connectivity index (χ0) is 27.4. The molecule has 8 nitrogen and oxygen atoms in total. The summed E-state index contributed by atoms with van der Waals surface area (Å²) in [6.45, 7) is 5.80. The molecule has 9 heteroatoms. The number of benzene rings is 3. The maximum Gasteiger partial charge on any atom is 0.349 e. The lowest BCUT2D eigenvalue weighted by Gasteiger charge is -2.27. The van der Waals surface area contributed by atoms with E-state index < -0.39 is 11.9 Å². The van der Waals surface area contributed by atoms with Crippen LogP contribution >= 0.6 is 11.6 Å². The Balaban J connectivity index is 1.56. The van der Waals surface area contributed by atoms with E-state index in [1.165, 1.54) is 0 Å². The predicted molar refractivity (Wildman–Crippen MR) is 142 cm³/mol. The minimum atomic E-state index is -0.597. The van der Waals surface area contributed by atoms with Crippen molar-refractivity contribution in [2.24, 2.45) is 5.73 Å². The van der Waals surface area contributed by atoms with Gasteiger partial charge < -0.3 is 29.4 Å². The van der Waals surface area contributed by atoms with E-state index in [4.69, 9.17) is 41.0 Å². The molecule has 0 aliphatic carbocycles. The summed E-state index contributed by atoms with van der Waals surface area (Å²) in [6, 6.07) is 16.0. The Hall–Kier alpha value is -4.35. The molecule has 0 fully saturated rings. The fourth-order valence-corrected chi connectivity index (χ4v) is 4.38. The van der Waals surface area contributed by atoms with Gasteiger partial charge in [-0.25, -0.2) is 4.79 Å². The number of esters is 1. The molecule has 0 bridgehead atoms. The standard InChI is InChI=1S/C29H27ClN2O6/c1-5-35-23-9-6-18(12-25(23)34-4)27-21-8-7-19(13-24(21)38-29(32)22(27)14-31)37-26(33)15-36-20-10-16(2)28(30)17(3)11-20/h6-13,27H,5,15,32H2,1-4H3. The molecule has 1 aliphatic heterocycles. The van der Waals surface area contributed by atoms with Crippen molar-refractivity contribution in [3.63, 3.8) is 0 Å². The minimum Gasteiger partial charge on any atom is -0.493 e. The highest BCUT2D eigenvalue weighted by molar-refractivity contribution is 6.32. The van der Waals surface area contributed by atoms with Gasteiger partial charge >= 0.3 is 5.97 Å². The van der Waals surface area contributed by atoms with Crippen LogP contribution in [-0.4, -0.2) is 26.3 Å². The number of rotatable bonds is 8. The van der Waals surface area contributed by atoms with Crippen LogP contribution in [0.2, 0.25) is 5.02 Å². The fourth-order valence-electron chi connectivity index (χ4n) is 4.27. The quantitative estimate of drug-likeness (QED) is 0.295. The van der Waals surface area contributed by atoms with Crippen LogP contribution in [0, 0.1) is 25.2 Å². The SMILES string of the molecule is CCOc1ccc(C2C(C#N)=C(N)Oc3cc(OC(=O)COc4cc(C)c(Cl)c(C)c4)ccc32)cc1OC. The molecular weight excluding hydrogens is 508 g/mol. The van der Waals surface area contributed by atoms with Crippen molar-refractivity contribution in [3.8, 4) is 34.8 Å². The van der Waals surface area contributed by atoms with Gasteiger partial charge in [0.25, 0.3) is 0 Å². The monoisotopic (exact) mass is 534 g/mol. The second-order valence-electron chi connectivity index (χ2n) is 8.60. The third-order valence-corrected chi connectivity index (χ3v) is 6.61. The number of nitrogens with zero attached hydrogens (tertiary/aromatic N) is 1. The van der Waals surface area contributed by atoms with Crippen LogP contribution in [0.4, 0.5) is 0 Å². The Bertz CT molecular complexity index is 1440. The molecule has 0 radical (unpaired) electrons. The second-order valence-corrected chi connectivity index (χ2v) is 8.98. The lowest BCUT2D eigenvalue weighted by molar-refractivity contribution is -0.136. The van der Waals surface area contributed by atoms with Crippen molar-refractivity contribution < 1.29 is 28.5 Å². The van der Waals surface area contributed by atoms with Crippen LogP contribution in [0.25, 0.3) is 0 Å². The summed E-state index contributed by atoms with van der Waals surface area (Å²) >= 11 is 6.19. The van der Waals surface area contributed by atoms with Gasteiger partial charge in [-0.15, -0.1) is 0 Å². The molecule has 0 aromatic heterocycles. The maximum absolute atomic E-state index is 12.5. The number of carbonyl (C=O) groups excluding carboxylic acids is 1. The van der Waals surface area contributed by atoms with Crippen LogP contribution in [-0.2, 0) is 4.79 Å². The van der Waals surface area contributed by atoms with E-state index in [1.807, 2.05) is 26.8 Å². The lowest BCUT2D eigenvalue weighted by Crippen LogP contribution is -2.22. The highest BCUT2D eigenvalue weighted by Gasteiger charge is 2.31. The van der Waals surface area contributed by atoms with Crippen molar-refractivity contribution in [2.45, 2.75) is 26.7 Å². The van der Waals surface area contributed by atoms with Gasteiger partial charge in [-0.2, -0.15) is 5.26 Å². The second kappa shape index (κ2) is 11.4. The number of hydrogen-bond acceptors (Lipinski definition) is 8. The number of aryl methyl sites for hydroxylation is 2. The molecule has 1 atom stereocenters. The van der Waals surface area contributed by atoms with Crippen LogP contribution in [0.3, 0.4) is 0 Å². The van der Waals surface area contributed by atoms with Gasteiger partial charge in [0.05, 0.1) is 19.6 Å². The highest BCUT2D eigenvalue weighted by Crippen LogP contribution is 2.45. The zero-order valence-corrected chi connectivity index (χ0v) is 22.2. The fraction of sp³-hybridized carbons (Fsp3) is 0.241. The molecule has 0 saturated heterocycles. The normalized spacial score (nSPS) is 14.2. The smallest absolute Gasteiger partial charge is 0.349 e. The van der Waals surface area contributed by atoms with E-state index in [1.54, 1.807) is 49.6 Å². The van der Waals surface area contributed by atoms with Crippen molar-refractivity contribution in [1.82, 2.24) is 0 Å². The molecule has 0 amide bonds. The highest BCUT2D eigenvalue weighted by atomic mass is 35.5. The summed E-state index contributed by atoms with van der Waals surface area (Å²) in [4.78, 5) is 12.5. The maximum atomic E-state index is 12.5. The van der Waals surface area contributed by atoms with Gasteiger partial charge in [-0.05, 0) is 67.8 Å². The molecule has 1 unspecified atom stereocenters. The molecule has 2 N–H and O–H groups in total. The van der Waals surface area contributed by atoms with E-state index in [2.05, 4.69) is 6.07 Å². The van der Waals surface area contributed by atoms with E-state index in [-0.39, 0.29) is 23.8 Å². The first kappa shape index (κ1) is 26.7. The number of ether oxygens (including phenoxy) is 5. The third-order valence-electron chi connectivity index (χ3n) is 6.01. The minimum absolute atomic E-state index is 0.0295. The first-order valence-corrected chi connectivity index (χ1v) is 12.3. The van der Waals surface area contributed by atoms with E-state index in [0.29, 0.717) is 40.2 Å². The van der Waals surface area contributed by atoms with Crippen LogP contribution < -0.4 is 29.4 Å². The Morgan fingerprint density at radius 3 is 2.45 bits per heavy atom. The largest absolute Gasteiger partial charge is 0.493 e. The average molecular weight is 535 g/mol. The first-order valence-electron chi connectivity index (χ1n) is 11.9. The molecule has 0 spiro atoms. The molecule has 0 saturated carbocycles. The van der Waals surface area contributed by atoms with Gasteiger partial charge in [-0.1, -0.05) is 23.7 Å². The van der Waals surface area contributed by atoms with E-state index in [9.17, 15) is 10.1 Å².